The zero-order valence-corrected chi connectivity index (χ0v) is 25.2. The Morgan fingerprint density at radius 2 is 1.91 bits per heavy atom. The van der Waals surface area contributed by atoms with Gasteiger partial charge in [-0.3, -0.25) is 9.69 Å². The molecular weight excluding hydrogens is 596 g/mol. The summed E-state index contributed by atoms with van der Waals surface area (Å²) in [5, 5.41) is 3.62. The van der Waals surface area contributed by atoms with Crippen molar-refractivity contribution in [2.45, 2.75) is 50.3 Å². The molecule has 6 rings (SSSR count). The highest BCUT2D eigenvalue weighted by atomic mass is 35.5. The van der Waals surface area contributed by atoms with Crippen molar-refractivity contribution >= 4 is 51.5 Å². The number of piperidine rings is 1. The van der Waals surface area contributed by atoms with Crippen LogP contribution in [0.25, 0.3) is 10.9 Å². The van der Waals surface area contributed by atoms with Crippen molar-refractivity contribution in [3.05, 3.63) is 59.1 Å². The van der Waals surface area contributed by atoms with Crippen molar-refractivity contribution in [1.29, 1.82) is 0 Å². The zero-order chi connectivity index (χ0) is 29.9. The highest BCUT2D eigenvalue weighted by molar-refractivity contribution is 6.42. The lowest BCUT2D eigenvalue weighted by Crippen LogP contribution is -2.48. The monoisotopic (exact) mass is 629 g/mol. The van der Waals surface area contributed by atoms with E-state index in [1.807, 2.05) is 17.0 Å². The first-order valence-electron chi connectivity index (χ1n) is 14.6. The van der Waals surface area contributed by atoms with E-state index < -0.39 is 5.82 Å². The predicted molar refractivity (Wildman–Crippen MR) is 164 cm³/mol. The smallest absolute Gasteiger partial charge is 0.246 e. The van der Waals surface area contributed by atoms with Gasteiger partial charge in [0, 0.05) is 56.0 Å². The van der Waals surface area contributed by atoms with Crippen LogP contribution < -0.4 is 14.8 Å². The van der Waals surface area contributed by atoms with Crippen LogP contribution in [0.2, 0.25) is 10.0 Å². The summed E-state index contributed by atoms with van der Waals surface area (Å²) < 4.78 is 33.3. The van der Waals surface area contributed by atoms with Gasteiger partial charge in [0.05, 0.1) is 41.1 Å². The van der Waals surface area contributed by atoms with E-state index in [-0.39, 0.29) is 39.8 Å². The summed E-state index contributed by atoms with van der Waals surface area (Å²) in [5.74, 6) is 0.825. The number of rotatable bonds is 10. The van der Waals surface area contributed by atoms with Crippen molar-refractivity contribution in [2.75, 3.05) is 44.8 Å². The quantitative estimate of drug-likeness (QED) is 0.166. The largest absolute Gasteiger partial charge is 0.490 e. The minimum absolute atomic E-state index is 0.0247. The lowest BCUT2D eigenvalue weighted by molar-refractivity contribution is -0.131. The number of nitrogens with zero attached hydrogens (tertiary/aromatic N) is 4. The fourth-order valence-corrected chi connectivity index (χ4v) is 6.59. The third-order valence-electron chi connectivity index (χ3n) is 8.38. The van der Waals surface area contributed by atoms with Crippen molar-refractivity contribution in [3.63, 3.8) is 0 Å². The number of amides is 1. The second-order valence-corrected chi connectivity index (χ2v) is 11.9. The molecule has 228 valence electrons. The molecule has 2 bridgehead atoms. The summed E-state index contributed by atoms with van der Waals surface area (Å²) in [7, 11) is 0. The molecule has 2 unspecified atom stereocenters. The van der Waals surface area contributed by atoms with Crippen LogP contribution in [0.15, 0.2) is 43.2 Å². The predicted octanol–water partition coefficient (Wildman–Crippen LogP) is 6.01. The second kappa shape index (κ2) is 13.2. The van der Waals surface area contributed by atoms with E-state index in [0.29, 0.717) is 34.8 Å². The molecule has 3 aliphatic heterocycles. The molecule has 2 atom stereocenters. The highest BCUT2D eigenvalue weighted by Crippen LogP contribution is 2.41. The van der Waals surface area contributed by atoms with Gasteiger partial charge in [0.15, 0.2) is 17.3 Å². The Hall–Kier alpha value is -3.18. The van der Waals surface area contributed by atoms with Crippen LogP contribution in [0.5, 0.6) is 11.5 Å². The van der Waals surface area contributed by atoms with Gasteiger partial charge in [0.25, 0.3) is 0 Å². The van der Waals surface area contributed by atoms with E-state index in [2.05, 4.69) is 26.8 Å². The molecule has 0 saturated carbocycles. The summed E-state index contributed by atoms with van der Waals surface area (Å²) in [6, 6.07) is 6.94. The van der Waals surface area contributed by atoms with Crippen LogP contribution in [0.4, 0.5) is 15.9 Å². The van der Waals surface area contributed by atoms with Crippen LogP contribution >= 0.6 is 23.2 Å². The number of hydrogen-bond acceptors (Lipinski definition) is 8. The Labute approximate surface area is 259 Å². The number of ether oxygens (including phenoxy) is 3. The zero-order valence-electron chi connectivity index (χ0n) is 23.7. The summed E-state index contributed by atoms with van der Waals surface area (Å²) >= 11 is 12.0. The average Bonchev–Trinajstić information content (AvgIpc) is 3.29. The first-order valence-corrected chi connectivity index (χ1v) is 15.4. The number of carbonyl (C=O) groups excluding carboxylic acids is 1. The van der Waals surface area contributed by atoms with Crippen molar-refractivity contribution in [1.82, 2.24) is 19.8 Å². The van der Waals surface area contributed by atoms with Gasteiger partial charge in [-0.1, -0.05) is 29.8 Å². The summed E-state index contributed by atoms with van der Waals surface area (Å²) in [6.07, 6.45) is 6.87. The Morgan fingerprint density at radius 3 is 2.65 bits per heavy atom. The van der Waals surface area contributed by atoms with Crippen LogP contribution in [-0.2, 0) is 9.53 Å². The molecule has 4 heterocycles. The van der Waals surface area contributed by atoms with Gasteiger partial charge in [0.1, 0.15) is 18.2 Å². The normalized spacial score (nSPS) is 22.0. The van der Waals surface area contributed by atoms with Crippen molar-refractivity contribution in [3.8, 4) is 11.5 Å². The molecule has 1 amide bonds. The standard InChI is InChI=1S/C31H34Cl2FN5O4/c1-2-28(40)39-19-4-5-20(39)15-21(14-19)43-27-16-22-25(17-26(27)42-11-3-8-38-9-12-41-13-10-38)35-18-36-31(22)37-24-7-6-23(32)29(33)30(24)34/h2,6-7,16-21H,1,3-5,8-15H2,(H,35,36,37). The Kier molecular flexibility index (Phi) is 9.18. The maximum absolute atomic E-state index is 14.9. The molecule has 1 aromatic heterocycles. The molecule has 43 heavy (non-hydrogen) atoms. The Bertz CT molecular complexity index is 1490. The van der Waals surface area contributed by atoms with Gasteiger partial charge in [-0.05, 0) is 43.5 Å². The highest BCUT2D eigenvalue weighted by Gasteiger charge is 2.43. The van der Waals surface area contributed by atoms with Gasteiger partial charge in [-0.25, -0.2) is 14.4 Å². The number of nitrogens with one attached hydrogen (secondary N) is 1. The van der Waals surface area contributed by atoms with Gasteiger partial charge in [-0.15, -0.1) is 0 Å². The molecule has 0 aliphatic carbocycles. The van der Waals surface area contributed by atoms with Crippen molar-refractivity contribution < 1.29 is 23.4 Å². The lowest BCUT2D eigenvalue weighted by Gasteiger charge is -2.38. The number of hydrogen-bond donors (Lipinski definition) is 1. The number of morpholine rings is 1. The maximum atomic E-state index is 14.9. The van der Waals surface area contributed by atoms with E-state index in [1.165, 1.54) is 24.5 Å². The first kappa shape index (κ1) is 29.9. The van der Waals surface area contributed by atoms with Crippen LogP contribution in [-0.4, -0.2) is 83.3 Å². The summed E-state index contributed by atoms with van der Waals surface area (Å²) in [5.41, 5.74) is 0.746. The summed E-state index contributed by atoms with van der Waals surface area (Å²) in [6.45, 7) is 8.44. The topological polar surface area (TPSA) is 89.0 Å². The third kappa shape index (κ3) is 6.52. The first-order chi connectivity index (χ1) is 20.9. The Morgan fingerprint density at radius 1 is 1.14 bits per heavy atom. The molecule has 12 heteroatoms. The molecule has 2 aromatic carbocycles. The number of fused-ring (bicyclic) bond motifs is 3. The molecular formula is C31H34Cl2FN5O4. The third-order valence-corrected chi connectivity index (χ3v) is 9.16. The van der Waals surface area contributed by atoms with E-state index in [4.69, 9.17) is 37.4 Å². The van der Waals surface area contributed by atoms with Gasteiger partial charge in [0.2, 0.25) is 5.91 Å². The summed E-state index contributed by atoms with van der Waals surface area (Å²) in [4.78, 5) is 25.6. The average molecular weight is 631 g/mol. The van der Waals surface area contributed by atoms with Gasteiger partial charge < -0.3 is 24.4 Å². The fraction of sp³-hybridized carbons (Fsp3) is 0.452. The molecule has 1 N–H and O–H groups in total. The van der Waals surface area contributed by atoms with Crippen LogP contribution in [0.1, 0.15) is 32.1 Å². The molecule has 3 aliphatic rings. The number of aromatic nitrogens is 2. The Balaban J connectivity index is 1.26. The lowest BCUT2D eigenvalue weighted by atomic mass is 9.99. The van der Waals surface area contributed by atoms with Crippen LogP contribution in [0, 0.1) is 5.82 Å². The van der Waals surface area contributed by atoms with E-state index in [1.54, 1.807) is 0 Å². The van der Waals surface area contributed by atoms with Crippen molar-refractivity contribution in [2.24, 2.45) is 0 Å². The number of anilines is 2. The van der Waals surface area contributed by atoms with E-state index in [9.17, 15) is 9.18 Å². The molecule has 0 spiro atoms. The SMILES string of the molecule is C=CC(=O)N1C2CCC1CC(Oc1cc3c(Nc4ccc(Cl)c(Cl)c4F)ncnc3cc1OCCCN1CCOCC1)C2. The second-order valence-electron chi connectivity index (χ2n) is 11.1. The number of halogens is 3. The van der Waals surface area contributed by atoms with Gasteiger partial charge in [-0.2, -0.15) is 0 Å². The number of benzene rings is 2. The molecule has 3 saturated heterocycles. The van der Waals surface area contributed by atoms with E-state index >= 15 is 0 Å². The van der Waals surface area contributed by atoms with E-state index in [0.717, 1.165) is 65.0 Å². The minimum Gasteiger partial charge on any atom is -0.490 e. The molecule has 0 radical (unpaired) electrons. The number of carbonyl (C=O) groups is 1. The maximum Gasteiger partial charge on any atom is 0.246 e. The van der Waals surface area contributed by atoms with Crippen LogP contribution in [0.3, 0.4) is 0 Å². The molecule has 3 fully saturated rings. The molecule has 3 aromatic rings. The molecule has 9 nitrogen and oxygen atoms in total. The van der Waals surface area contributed by atoms with Gasteiger partial charge >= 0.3 is 0 Å². The minimum atomic E-state index is -0.672. The fourth-order valence-electron chi connectivity index (χ4n) is 6.28.